The lowest BCUT2D eigenvalue weighted by atomic mass is 9.75. The van der Waals surface area contributed by atoms with E-state index in [1.165, 1.54) is 32.5 Å². The van der Waals surface area contributed by atoms with E-state index in [9.17, 15) is 0 Å². The summed E-state index contributed by atoms with van der Waals surface area (Å²) >= 11 is 0. The van der Waals surface area contributed by atoms with E-state index >= 15 is 0 Å². The number of hydrogen-bond acceptors (Lipinski definition) is 3. The summed E-state index contributed by atoms with van der Waals surface area (Å²) in [5.41, 5.74) is 0. The Hall–Kier alpha value is -0.120. The minimum absolute atomic E-state index is 0.694. The van der Waals surface area contributed by atoms with Gasteiger partial charge in [-0.05, 0) is 45.2 Å². The van der Waals surface area contributed by atoms with Crippen molar-refractivity contribution in [2.75, 3.05) is 33.2 Å². The van der Waals surface area contributed by atoms with Gasteiger partial charge in [-0.2, -0.15) is 0 Å². The van der Waals surface area contributed by atoms with E-state index in [2.05, 4.69) is 49.9 Å². The van der Waals surface area contributed by atoms with Crippen LogP contribution in [0.1, 0.15) is 40.5 Å². The van der Waals surface area contributed by atoms with Crippen LogP contribution in [0.2, 0.25) is 0 Å². The van der Waals surface area contributed by atoms with E-state index in [1.807, 2.05) is 0 Å². The molecule has 0 amide bonds. The summed E-state index contributed by atoms with van der Waals surface area (Å²) in [5, 5.41) is 3.76. The van der Waals surface area contributed by atoms with Gasteiger partial charge in [0, 0.05) is 37.8 Å². The van der Waals surface area contributed by atoms with Gasteiger partial charge >= 0.3 is 0 Å². The molecule has 5 unspecified atom stereocenters. The molecule has 1 heterocycles. The molecule has 1 aliphatic heterocycles. The molecule has 112 valence electrons. The number of piperazine rings is 1. The maximum Gasteiger partial charge on any atom is 0.0276 e. The van der Waals surface area contributed by atoms with Gasteiger partial charge in [0.25, 0.3) is 0 Å². The highest BCUT2D eigenvalue weighted by atomic mass is 15.3. The molecule has 0 bridgehead atoms. The van der Waals surface area contributed by atoms with Crippen LogP contribution in [0, 0.1) is 11.8 Å². The van der Waals surface area contributed by atoms with E-state index in [-0.39, 0.29) is 0 Å². The Bertz CT molecular complexity index is 281. The van der Waals surface area contributed by atoms with Crippen molar-refractivity contribution in [2.24, 2.45) is 11.8 Å². The number of nitrogens with one attached hydrogen (secondary N) is 1. The number of rotatable bonds is 3. The summed E-state index contributed by atoms with van der Waals surface area (Å²) in [5.74, 6) is 1.70. The van der Waals surface area contributed by atoms with Gasteiger partial charge in [-0.15, -0.1) is 0 Å². The van der Waals surface area contributed by atoms with Crippen molar-refractivity contribution in [3.63, 3.8) is 0 Å². The molecule has 0 spiro atoms. The SMILES string of the molecule is CCNC1CC(C)CC(C)C1N1CCN(C)C(C)C1. The van der Waals surface area contributed by atoms with Crippen LogP contribution in [-0.2, 0) is 0 Å². The van der Waals surface area contributed by atoms with Gasteiger partial charge in [-0.25, -0.2) is 0 Å². The predicted molar refractivity (Wildman–Crippen MR) is 82.5 cm³/mol. The summed E-state index contributed by atoms with van der Waals surface area (Å²) in [4.78, 5) is 5.27. The third kappa shape index (κ3) is 3.50. The Kier molecular flexibility index (Phi) is 5.27. The molecule has 1 N–H and O–H groups in total. The summed E-state index contributed by atoms with van der Waals surface area (Å²) < 4.78 is 0. The van der Waals surface area contributed by atoms with Crippen LogP contribution < -0.4 is 5.32 Å². The molecule has 0 aromatic rings. The third-order valence-electron chi connectivity index (χ3n) is 5.30. The lowest BCUT2D eigenvalue weighted by molar-refractivity contribution is 0.0103. The van der Waals surface area contributed by atoms with Crippen LogP contribution in [0.4, 0.5) is 0 Å². The van der Waals surface area contributed by atoms with Crippen LogP contribution in [0.5, 0.6) is 0 Å². The maximum atomic E-state index is 3.76. The summed E-state index contributed by atoms with van der Waals surface area (Å²) in [7, 11) is 2.26. The van der Waals surface area contributed by atoms with Crippen molar-refractivity contribution < 1.29 is 0 Å². The molecule has 1 saturated heterocycles. The Morgan fingerprint density at radius 2 is 1.84 bits per heavy atom. The summed E-state index contributed by atoms with van der Waals surface area (Å²) in [6.07, 6.45) is 2.75. The Morgan fingerprint density at radius 3 is 2.47 bits per heavy atom. The van der Waals surface area contributed by atoms with Gasteiger partial charge in [0.1, 0.15) is 0 Å². The summed E-state index contributed by atoms with van der Waals surface area (Å²) in [6.45, 7) is 14.3. The lowest BCUT2D eigenvalue weighted by Gasteiger charge is -2.50. The topological polar surface area (TPSA) is 18.5 Å². The van der Waals surface area contributed by atoms with E-state index in [1.54, 1.807) is 0 Å². The Labute approximate surface area is 119 Å². The first-order valence-electron chi connectivity index (χ1n) is 8.20. The zero-order valence-corrected chi connectivity index (χ0v) is 13.5. The van der Waals surface area contributed by atoms with Gasteiger partial charge in [-0.1, -0.05) is 20.8 Å². The largest absolute Gasteiger partial charge is 0.313 e. The second-order valence-corrected chi connectivity index (χ2v) is 7.03. The molecule has 0 aromatic heterocycles. The quantitative estimate of drug-likeness (QED) is 0.844. The van der Waals surface area contributed by atoms with Crippen LogP contribution in [0.3, 0.4) is 0 Å². The zero-order valence-electron chi connectivity index (χ0n) is 13.5. The fourth-order valence-electron chi connectivity index (χ4n) is 4.27. The highest BCUT2D eigenvalue weighted by Gasteiger charge is 2.38. The molecule has 2 rings (SSSR count). The number of hydrogen-bond donors (Lipinski definition) is 1. The van der Waals surface area contributed by atoms with E-state index in [0.717, 1.165) is 24.4 Å². The predicted octanol–water partition coefficient (Wildman–Crippen LogP) is 2.03. The van der Waals surface area contributed by atoms with Gasteiger partial charge < -0.3 is 10.2 Å². The fraction of sp³-hybridized carbons (Fsp3) is 1.00. The molecule has 3 heteroatoms. The monoisotopic (exact) mass is 267 g/mol. The second-order valence-electron chi connectivity index (χ2n) is 7.03. The Morgan fingerprint density at radius 1 is 1.11 bits per heavy atom. The fourth-order valence-corrected chi connectivity index (χ4v) is 4.27. The van der Waals surface area contributed by atoms with E-state index < -0.39 is 0 Å². The van der Waals surface area contributed by atoms with Crippen molar-refractivity contribution in [1.82, 2.24) is 15.1 Å². The van der Waals surface area contributed by atoms with Gasteiger partial charge in [0.2, 0.25) is 0 Å². The van der Waals surface area contributed by atoms with Gasteiger partial charge in [0.05, 0.1) is 0 Å². The van der Waals surface area contributed by atoms with Crippen molar-refractivity contribution in [3.05, 3.63) is 0 Å². The first-order valence-corrected chi connectivity index (χ1v) is 8.20. The van der Waals surface area contributed by atoms with E-state index in [0.29, 0.717) is 12.1 Å². The molecule has 1 saturated carbocycles. The minimum Gasteiger partial charge on any atom is -0.313 e. The Balaban J connectivity index is 2.06. The van der Waals surface area contributed by atoms with Crippen molar-refractivity contribution in [1.29, 1.82) is 0 Å². The number of nitrogens with zero attached hydrogens (tertiary/aromatic N) is 2. The molecular formula is C16H33N3. The first-order chi connectivity index (χ1) is 9.02. The molecule has 2 aliphatic rings. The molecule has 2 fully saturated rings. The molecule has 0 aromatic carbocycles. The standard InChI is InChI=1S/C16H33N3/c1-6-17-15-10-12(2)9-13(3)16(15)19-8-7-18(5)14(4)11-19/h12-17H,6-11H2,1-5H3. The average molecular weight is 267 g/mol. The molecule has 5 atom stereocenters. The molecule has 1 aliphatic carbocycles. The molecular weight excluding hydrogens is 234 g/mol. The first kappa shape index (κ1) is 15.3. The smallest absolute Gasteiger partial charge is 0.0276 e. The average Bonchev–Trinajstić information content (AvgIpc) is 2.33. The third-order valence-corrected chi connectivity index (χ3v) is 5.30. The highest BCUT2D eigenvalue weighted by molar-refractivity contribution is 4.96. The highest BCUT2D eigenvalue weighted by Crippen LogP contribution is 2.33. The van der Waals surface area contributed by atoms with Gasteiger partial charge in [-0.3, -0.25) is 4.90 Å². The zero-order chi connectivity index (χ0) is 14.0. The van der Waals surface area contributed by atoms with Crippen LogP contribution in [0.25, 0.3) is 0 Å². The van der Waals surface area contributed by atoms with Gasteiger partial charge in [0.15, 0.2) is 0 Å². The summed E-state index contributed by atoms with van der Waals surface area (Å²) in [6, 6.07) is 2.13. The normalized spacial score (nSPS) is 42.5. The van der Waals surface area contributed by atoms with Crippen LogP contribution in [0.15, 0.2) is 0 Å². The molecule has 0 radical (unpaired) electrons. The minimum atomic E-state index is 0.694. The lowest BCUT2D eigenvalue weighted by Crippen LogP contribution is -2.62. The molecule has 3 nitrogen and oxygen atoms in total. The van der Waals surface area contributed by atoms with Crippen molar-refractivity contribution >= 4 is 0 Å². The van der Waals surface area contributed by atoms with Crippen LogP contribution in [-0.4, -0.2) is 61.2 Å². The molecule has 19 heavy (non-hydrogen) atoms. The second kappa shape index (κ2) is 6.55. The van der Waals surface area contributed by atoms with Crippen LogP contribution >= 0.6 is 0 Å². The van der Waals surface area contributed by atoms with Crippen molar-refractivity contribution in [3.8, 4) is 0 Å². The van der Waals surface area contributed by atoms with E-state index in [4.69, 9.17) is 0 Å². The maximum absolute atomic E-state index is 3.76. The van der Waals surface area contributed by atoms with Crippen molar-refractivity contribution in [2.45, 2.75) is 58.7 Å². The number of likely N-dealkylation sites (N-methyl/N-ethyl adjacent to an activating group) is 2.